The predicted molar refractivity (Wildman–Crippen MR) is 80.1 cm³/mol. The van der Waals surface area contributed by atoms with Crippen LogP contribution in [0.1, 0.15) is 47.0 Å². The van der Waals surface area contributed by atoms with Crippen molar-refractivity contribution in [1.29, 1.82) is 0 Å². The Kier molecular flexibility index (Phi) is 14.6. The summed E-state index contributed by atoms with van der Waals surface area (Å²) >= 11 is 0. The Morgan fingerprint density at radius 3 is 2.00 bits per heavy atom. The molecule has 0 aliphatic rings. The standard InChI is InChI=1S/C9H18O3.C6H12O3/c1-5-8(10)12-7-6-9(2,3)11-4;1-3-9-6(7)4-5-8-2/h5-7H2,1-4H3;3-5H2,1-2H3. The molecule has 0 saturated heterocycles. The van der Waals surface area contributed by atoms with Gasteiger partial charge in [-0.3, -0.25) is 9.59 Å². The highest BCUT2D eigenvalue weighted by molar-refractivity contribution is 5.69. The molecule has 0 unspecified atom stereocenters. The van der Waals surface area contributed by atoms with Gasteiger partial charge in [0, 0.05) is 27.1 Å². The molecule has 0 atom stereocenters. The van der Waals surface area contributed by atoms with Gasteiger partial charge in [0.25, 0.3) is 0 Å². The lowest BCUT2D eigenvalue weighted by Gasteiger charge is -2.22. The van der Waals surface area contributed by atoms with Crippen molar-refractivity contribution in [3.05, 3.63) is 0 Å². The molecule has 0 aliphatic carbocycles. The van der Waals surface area contributed by atoms with Gasteiger partial charge in [0.05, 0.1) is 31.8 Å². The van der Waals surface area contributed by atoms with Crippen LogP contribution in [0.15, 0.2) is 0 Å². The van der Waals surface area contributed by atoms with E-state index in [-0.39, 0.29) is 17.5 Å². The highest BCUT2D eigenvalue weighted by Crippen LogP contribution is 2.12. The van der Waals surface area contributed by atoms with Crippen LogP contribution < -0.4 is 0 Å². The maximum absolute atomic E-state index is 10.7. The summed E-state index contributed by atoms with van der Waals surface area (Å²) in [5, 5.41) is 0. The third-order valence-corrected chi connectivity index (χ3v) is 2.62. The number of methoxy groups -OCH3 is 2. The van der Waals surface area contributed by atoms with Gasteiger partial charge in [-0.2, -0.15) is 0 Å². The van der Waals surface area contributed by atoms with Crippen LogP contribution >= 0.6 is 0 Å². The third-order valence-electron chi connectivity index (χ3n) is 2.62. The van der Waals surface area contributed by atoms with Crippen LogP contribution in [-0.4, -0.2) is 51.6 Å². The van der Waals surface area contributed by atoms with Gasteiger partial charge in [-0.25, -0.2) is 0 Å². The maximum atomic E-state index is 10.7. The van der Waals surface area contributed by atoms with Crippen LogP contribution in [0.3, 0.4) is 0 Å². The van der Waals surface area contributed by atoms with E-state index >= 15 is 0 Å². The molecule has 0 aromatic rings. The van der Waals surface area contributed by atoms with Gasteiger partial charge in [-0.15, -0.1) is 0 Å². The molecule has 0 heterocycles. The fourth-order valence-electron chi connectivity index (χ4n) is 1.03. The molecule has 126 valence electrons. The van der Waals surface area contributed by atoms with Crippen LogP contribution in [0.25, 0.3) is 0 Å². The summed E-state index contributed by atoms with van der Waals surface area (Å²) in [6, 6.07) is 0. The lowest BCUT2D eigenvalue weighted by Crippen LogP contribution is -2.25. The second-order valence-corrected chi connectivity index (χ2v) is 4.84. The Morgan fingerprint density at radius 1 is 0.952 bits per heavy atom. The summed E-state index contributed by atoms with van der Waals surface area (Å²) in [5.41, 5.74) is -0.200. The number of hydrogen-bond donors (Lipinski definition) is 0. The molecule has 0 aromatic carbocycles. The number of carbonyl (C=O) groups excluding carboxylic acids is 2. The number of carbonyl (C=O) groups is 2. The van der Waals surface area contributed by atoms with Gasteiger partial charge in [0.2, 0.25) is 0 Å². The van der Waals surface area contributed by atoms with Crippen LogP contribution in [-0.2, 0) is 28.5 Å². The van der Waals surface area contributed by atoms with Crippen molar-refractivity contribution in [2.24, 2.45) is 0 Å². The average molecular weight is 306 g/mol. The number of esters is 2. The zero-order valence-corrected chi connectivity index (χ0v) is 14.2. The van der Waals surface area contributed by atoms with Crippen LogP contribution in [0.5, 0.6) is 0 Å². The summed E-state index contributed by atoms with van der Waals surface area (Å²) < 4.78 is 19.4. The quantitative estimate of drug-likeness (QED) is 0.609. The van der Waals surface area contributed by atoms with Gasteiger partial charge in [0.1, 0.15) is 0 Å². The molecule has 6 heteroatoms. The van der Waals surface area contributed by atoms with Crippen molar-refractivity contribution in [2.45, 2.75) is 52.6 Å². The molecule has 0 N–H and O–H groups in total. The van der Waals surface area contributed by atoms with Gasteiger partial charge >= 0.3 is 11.9 Å². The Bertz CT molecular complexity index is 275. The number of hydrogen-bond acceptors (Lipinski definition) is 6. The van der Waals surface area contributed by atoms with Crippen molar-refractivity contribution < 1.29 is 28.5 Å². The topological polar surface area (TPSA) is 71.1 Å². The largest absolute Gasteiger partial charge is 0.466 e. The minimum atomic E-state index is -0.200. The van der Waals surface area contributed by atoms with Gasteiger partial charge in [-0.1, -0.05) is 6.92 Å². The van der Waals surface area contributed by atoms with E-state index in [9.17, 15) is 9.59 Å². The van der Waals surface area contributed by atoms with Gasteiger partial charge in [-0.05, 0) is 20.8 Å². The van der Waals surface area contributed by atoms with Crippen molar-refractivity contribution in [3.63, 3.8) is 0 Å². The second kappa shape index (κ2) is 13.8. The van der Waals surface area contributed by atoms with Crippen LogP contribution in [0.4, 0.5) is 0 Å². The lowest BCUT2D eigenvalue weighted by atomic mass is 10.1. The zero-order valence-electron chi connectivity index (χ0n) is 14.2. The predicted octanol–water partition coefficient (Wildman–Crippen LogP) is 2.34. The molecular formula is C15H30O6. The molecule has 0 aliphatic heterocycles. The highest BCUT2D eigenvalue weighted by Gasteiger charge is 2.16. The fourth-order valence-corrected chi connectivity index (χ4v) is 1.03. The van der Waals surface area contributed by atoms with E-state index in [1.54, 1.807) is 28.1 Å². The summed E-state index contributed by atoms with van der Waals surface area (Å²) in [6.45, 7) is 8.82. The van der Waals surface area contributed by atoms with E-state index in [1.807, 2.05) is 13.8 Å². The van der Waals surface area contributed by atoms with Crippen molar-refractivity contribution in [1.82, 2.24) is 0 Å². The van der Waals surface area contributed by atoms with E-state index in [2.05, 4.69) is 9.47 Å². The van der Waals surface area contributed by atoms with E-state index in [4.69, 9.17) is 9.47 Å². The summed E-state index contributed by atoms with van der Waals surface area (Å²) in [7, 11) is 3.21. The van der Waals surface area contributed by atoms with E-state index in [0.717, 1.165) is 6.42 Å². The lowest BCUT2D eigenvalue weighted by molar-refractivity contribution is -0.145. The van der Waals surface area contributed by atoms with Crippen molar-refractivity contribution in [3.8, 4) is 0 Å². The second-order valence-electron chi connectivity index (χ2n) is 4.84. The molecule has 21 heavy (non-hydrogen) atoms. The highest BCUT2D eigenvalue weighted by atomic mass is 16.5. The smallest absolute Gasteiger partial charge is 0.308 e. The van der Waals surface area contributed by atoms with Gasteiger partial charge < -0.3 is 18.9 Å². The van der Waals surface area contributed by atoms with E-state index < -0.39 is 0 Å². The van der Waals surface area contributed by atoms with Crippen molar-refractivity contribution >= 4 is 11.9 Å². The Morgan fingerprint density at radius 2 is 1.57 bits per heavy atom. The van der Waals surface area contributed by atoms with E-state index in [0.29, 0.717) is 32.7 Å². The number of rotatable bonds is 9. The molecule has 0 amide bonds. The minimum absolute atomic E-state index is 0.151. The number of ether oxygens (including phenoxy) is 4. The minimum Gasteiger partial charge on any atom is -0.466 e. The Hall–Kier alpha value is -1.14. The molecule has 0 radical (unpaired) electrons. The van der Waals surface area contributed by atoms with Crippen molar-refractivity contribution in [2.75, 3.05) is 34.0 Å². The Balaban J connectivity index is 0. The van der Waals surface area contributed by atoms with Crippen LogP contribution in [0, 0.1) is 0 Å². The maximum Gasteiger partial charge on any atom is 0.308 e. The summed E-state index contributed by atoms with van der Waals surface area (Å²) in [4.78, 5) is 21.2. The van der Waals surface area contributed by atoms with Crippen LogP contribution in [0.2, 0.25) is 0 Å². The summed E-state index contributed by atoms with van der Waals surface area (Å²) in [5.74, 6) is -0.346. The molecule has 0 saturated carbocycles. The molecule has 0 rings (SSSR count). The van der Waals surface area contributed by atoms with E-state index in [1.165, 1.54) is 0 Å². The first-order valence-electron chi connectivity index (χ1n) is 7.18. The van der Waals surface area contributed by atoms with Gasteiger partial charge in [0.15, 0.2) is 0 Å². The molecule has 0 aromatic heterocycles. The zero-order chi connectivity index (χ0) is 16.7. The monoisotopic (exact) mass is 306 g/mol. The Labute approximate surface area is 128 Å². The molecular weight excluding hydrogens is 276 g/mol. The molecule has 0 spiro atoms. The normalized spacial score (nSPS) is 10.4. The average Bonchev–Trinajstić information content (AvgIpc) is 2.45. The molecule has 0 fully saturated rings. The first kappa shape index (κ1) is 22.1. The fraction of sp³-hybridized carbons (Fsp3) is 0.867. The third kappa shape index (κ3) is 16.8. The SMILES string of the molecule is CCC(=O)OCCC(C)(C)OC.CCOC(=O)CCOC. The first-order chi connectivity index (χ1) is 9.82. The first-order valence-corrected chi connectivity index (χ1v) is 7.18. The summed E-state index contributed by atoms with van der Waals surface area (Å²) in [6.07, 6.45) is 1.52. The molecule has 6 nitrogen and oxygen atoms in total. The molecule has 0 bridgehead atoms.